The van der Waals surface area contributed by atoms with E-state index in [1.54, 1.807) is 20.3 Å². The zero-order valence-electron chi connectivity index (χ0n) is 26.5. The highest BCUT2D eigenvalue weighted by molar-refractivity contribution is 5.56. The summed E-state index contributed by atoms with van der Waals surface area (Å²) in [6.45, 7) is 10.4. The first-order valence-electron chi connectivity index (χ1n) is 15.1. The Balaban J connectivity index is 0.00000120. The fourth-order valence-corrected chi connectivity index (χ4v) is 5.09. The van der Waals surface area contributed by atoms with Crippen molar-refractivity contribution in [2.45, 2.75) is 45.2 Å². The lowest BCUT2D eigenvalue weighted by Gasteiger charge is -2.36. The number of hydrogen-bond acceptors (Lipinski definition) is 9. The van der Waals surface area contributed by atoms with Crippen molar-refractivity contribution in [2.24, 2.45) is 5.92 Å². The first-order chi connectivity index (χ1) is 21.0. The second-order valence-electron chi connectivity index (χ2n) is 10.4. The van der Waals surface area contributed by atoms with Gasteiger partial charge in [0.15, 0.2) is 0 Å². The Morgan fingerprint density at radius 3 is 2.40 bits per heavy atom. The number of rotatable bonds is 17. The van der Waals surface area contributed by atoms with Crippen molar-refractivity contribution in [2.75, 3.05) is 78.6 Å². The number of anilines is 1. The van der Waals surface area contributed by atoms with Gasteiger partial charge in [0.2, 0.25) is 0 Å². The van der Waals surface area contributed by atoms with Crippen LogP contribution in [0.5, 0.6) is 5.75 Å². The van der Waals surface area contributed by atoms with Crippen LogP contribution in [-0.2, 0) is 20.9 Å². The molecular formula is C33H53FN4O5. The van der Waals surface area contributed by atoms with Crippen LogP contribution in [0.1, 0.15) is 49.8 Å². The Kier molecular flexibility index (Phi) is 20.9. The largest absolute Gasteiger partial charge is 0.496 e. The molecular weight excluding hydrogens is 551 g/mol. The first kappa shape index (κ1) is 38.1. The smallest absolute Gasteiger partial charge is 0.147 e. The maximum absolute atomic E-state index is 15.2. The van der Waals surface area contributed by atoms with E-state index in [2.05, 4.69) is 44.7 Å². The van der Waals surface area contributed by atoms with Crippen LogP contribution < -0.4 is 20.3 Å². The summed E-state index contributed by atoms with van der Waals surface area (Å²) in [6, 6.07) is 13.6. The van der Waals surface area contributed by atoms with Crippen molar-refractivity contribution < 1.29 is 28.6 Å². The van der Waals surface area contributed by atoms with Crippen LogP contribution in [0.2, 0.25) is 0 Å². The number of benzene rings is 2. The van der Waals surface area contributed by atoms with Crippen molar-refractivity contribution in [3.05, 3.63) is 59.4 Å². The molecule has 43 heavy (non-hydrogen) atoms. The third kappa shape index (κ3) is 14.0. The highest BCUT2D eigenvalue weighted by atomic mass is 19.1. The van der Waals surface area contributed by atoms with Crippen molar-refractivity contribution >= 4 is 18.8 Å². The number of hydrogen-bond donors (Lipinski definition) is 3. The van der Waals surface area contributed by atoms with Crippen LogP contribution in [0, 0.1) is 11.7 Å². The second kappa shape index (κ2) is 23.6. The summed E-state index contributed by atoms with van der Waals surface area (Å²) in [5.41, 5.74) is 2.63. The van der Waals surface area contributed by atoms with Gasteiger partial charge in [0.1, 0.15) is 24.6 Å². The van der Waals surface area contributed by atoms with Gasteiger partial charge in [-0.1, -0.05) is 37.3 Å². The fourth-order valence-electron chi connectivity index (χ4n) is 5.09. The van der Waals surface area contributed by atoms with Gasteiger partial charge in [0.05, 0.1) is 32.1 Å². The van der Waals surface area contributed by atoms with E-state index in [0.29, 0.717) is 36.9 Å². The molecule has 1 aliphatic heterocycles. The summed E-state index contributed by atoms with van der Waals surface area (Å²) in [6.07, 6.45) is 4.60. The average molecular weight is 605 g/mol. The van der Waals surface area contributed by atoms with E-state index in [4.69, 9.17) is 14.3 Å². The molecule has 1 heterocycles. The maximum atomic E-state index is 15.2. The van der Waals surface area contributed by atoms with Crippen molar-refractivity contribution in [3.8, 4) is 5.75 Å². The van der Waals surface area contributed by atoms with Crippen LogP contribution in [0.3, 0.4) is 0 Å². The number of carbonyl (C=O) groups excluding carboxylic acids is 2. The highest BCUT2D eigenvalue weighted by Crippen LogP contribution is 2.34. The number of nitrogens with one attached hydrogen (secondary N) is 2. The normalized spacial score (nSPS) is 13.9. The third-order valence-electron chi connectivity index (χ3n) is 7.43. The zero-order chi connectivity index (χ0) is 31.9. The van der Waals surface area contributed by atoms with Gasteiger partial charge in [-0.15, -0.1) is 0 Å². The average Bonchev–Trinajstić information content (AvgIpc) is 3.04. The molecule has 242 valence electrons. The number of methoxy groups -OCH3 is 2. The first-order valence-corrected chi connectivity index (χ1v) is 15.1. The van der Waals surface area contributed by atoms with E-state index >= 15 is 4.39 Å². The van der Waals surface area contributed by atoms with Gasteiger partial charge in [0, 0.05) is 71.0 Å². The number of ether oxygens (including phenoxy) is 2. The highest BCUT2D eigenvalue weighted by Gasteiger charge is 2.25. The molecule has 2 aromatic rings. The number of likely N-dealkylation sites (N-methyl/N-ethyl adjacent to an activating group) is 1. The lowest BCUT2D eigenvalue weighted by Crippen LogP contribution is -2.42. The number of unbranched alkanes of at least 4 members (excludes halogenated alkanes) is 1. The molecule has 0 aliphatic carbocycles. The molecule has 10 heteroatoms. The third-order valence-corrected chi connectivity index (χ3v) is 7.43. The summed E-state index contributed by atoms with van der Waals surface area (Å²) in [5.74, 6) is 0.968. The SMILES string of the molecule is C=O.CCCC=O.CNC(COC)c1cc(F)c(N2CCC(CN(CCO)CCNCc3ccccc3)CC2)cc1OC. The van der Waals surface area contributed by atoms with Gasteiger partial charge in [0.25, 0.3) is 0 Å². The molecule has 0 spiro atoms. The van der Waals surface area contributed by atoms with Crippen LogP contribution in [0.15, 0.2) is 42.5 Å². The quantitative estimate of drug-likeness (QED) is 0.184. The molecule has 1 atom stereocenters. The lowest BCUT2D eigenvalue weighted by atomic mass is 9.95. The minimum absolute atomic E-state index is 0.140. The Morgan fingerprint density at radius 1 is 1.16 bits per heavy atom. The van der Waals surface area contributed by atoms with Crippen LogP contribution in [0.4, 0.5) is 10.1 Å². The predicted octanol–water partition coefficient (Wildman–Crippen LogP) is 3.84. The van der Waals surface area contributed by atoms with Gasteiger partial charge in [-0.3, -0.25) is 4.90 Å². The van der Waals surface area contributed by atoms with Gasteiger partial charge >= 0.3 is 0 Å². The minimum atomic E-state index is -0.230. The number of aliphatic hydroxyl groups is 1. The number of halogens is 1. The molecule has 0 aromatic heterocycles. The van der Waals surface area contributed by atoms with Crippen LogP contribution in [0.25, 0.3) is 0 Å². The summed E-state index contributed by atoms with van der Waals surface area (Å²) >= 11 is 0. The lowest BCUT2D eigenvalue weighted by molar-refractivity contribution is -0.107. The van der Waals surface area contributed by atoms with E-state index in [9.17, 15) is 9.90 Å². The number of carbonyl (C=O) groups is 2. The Morgan fingerprint density at radius 2 is 1.86 bits per heavy atom. The standard InChI is InChI=1S/C28H43FN4O3.C4H8O.CH2O/c1-30-26(21-35-2)24-17-25(29)27(18-28(24)36-3)33-12-9-23(10-13-33)20-32(15-16-34)14-11-31-19-22-7-5-4-6-8-22;1-2-3-4-5;1-2/h4-8,17-18,23,26,30-31,34H,9-16,19-21H2,1-3H3;4H,2-3H2,1H3;1H2. The van der Waals surface area contributed by atoms with E-state index in [1.165, 1.54) is 5.56 Å². The van der Waals surface area contributed by atoms with E-state index < -0.39 is 0 Å². The van der Waals surface area contributed by atoms with Gasteiger partial charge < -0.3 is 39.7 Å². The second-order valence-corrected chi connectivity index (χ2v) is 10.4. The number of aldehydes is 1. The predicted molar refractivity (Wildman–Crippen MR) is 171 cm³/mol. The van der Waals surface area contributed by atoms with Crippen LogP contribution >= 0.6 is 0 Å². The molecule has 1 saturated heterocycles. The number of aliphatic hydroxyl groups excluding tert-OH is 1. The maximum Gasteiger partial charge on any atom is 0.147 e. The molecule has 1 fully saturated rings. The monoisotopic (exact) mass is 604 g/mol. The van der Waals surface area contributed by atoms with Gasteiger partial charge in [-0.25, -0.2) is 4.39 Å². The molecule has 9 nitrogen and oxygen atoms in total. The number of nitrogens with zero attached hydrogens (tertiary/aromatic N) is 2. The molecule has 0 saturated carbocycles. The van der Waals surface area contributed by atoms with E-state index in [-0.39, 0.29) is 18.5 Å². The summed E-state index contributed by atoms with van der Waals surface area (Å²) in [5, 5.41) is 16.2. The minimum Gasteiger partial charge on any atom is -0.496 e. The molecule has 1 unspecified atom stereocenters. The topological polar surface area (TPSA) is 103 Å². The summed E-state index contributed by atoms with van der Waals surface area (Å²) in [4.78, 5) is 21.9. The van der Waals surface area contributed by atoms with Crippen molar-refractivity contribution in [1.29, 1.82) is 0 Å². The molecule has 0 amide bonds. The Hall–Kier alpha value is -2.89. The van der Waals surface area contributed by atoms with Crippen LogP contribution in [-0.4, -0.2) is 96.8 Å². The molecule has 0 bridgehead atoms. The molecule has 3 rings (SSSR count). The van der Waals surface area contributed by atoms with Crippen molar-refractivity contribution in [1.82, 2.24) is 15.5 Å². The molecule has 1 aliphatic rings. The molecule has 3 N–H and O–H groups in total. The summed E-state index contributed by atoms with van der Waals surface area (Å²) in [7, 11) is 5.09. The van der Waals surface area contributed by atoms with Crippen molar-refractivity contribution in [3.63, 3.8) is 0 Å². The number of piperidine rings is 1. The summed E-state index contributed by atoms with van der Waals surface area (Å²) < 4.78 is 26.1. The Labute approximate surface area is 257 Å². The van der Waals surface area contributed by atoms with E-state index in [1.807, 2.05) is 32.9 Å². The van der Waals surface area contributed by atoms with Gasteiger partial charge in [-0.2, -0.15) is 0 Å². The van der Waals surface area contributed by atoms with E-state index in [0.717, 1.165) is 70.4 Å². The molecule has 0 radical (unpaired) electrons. The zero-order valence-corrected chi connectivity index (χ0v) is 26.5. The Bertz CT molecular complexity index is 993. The van der Waals surface area contributed by atoms with Gasteiger partial charge in [-0.05, 0) is 43.9 Å². The fraction of sp³-hybridized carbons (Fsp3) is 0.576. The molecule has 2 aromatic carbocycles.